The van der Waals surface area contributed by atoms with Crippen LogP contribution in [0.5, 0.6) is 0 Å². The number of carboxylic acid groups (broad SMARTS) is 3. The number of rotatable bonds is 5. The van der Waals surface area contributed by atoms with E-state index in [4.69, 9.17) is 0 Å². The molecule has 3 aromatic carbocycles. The molecular weight excluding hydrogens is 534 g/mol. The minimum absolute atomic E-state index is 0.114. The first-order chi connectivity index (χ1) is 19.9. The maximum atomic E-state index is 12.1. The van der Waals surface area contributed by atoms with Crippen LogP contribution < -0.4 is 5.32 Å². The van der Waals surface area contributed by atoms with Crippen LogP contribution >= 0.6 is 0 Å². The van der Waals surface area contributed by atoms with Gasteiger partial charge in [-0.25, -0.2) is 14.4 Å². The quantitative estimate of drug-likeness (QED) is 0.325. The van der Waals surface area contributed by atoms with Gasteiger partial charge >= 0.3 is 17.9 Å². The van der Waals surface area contributed by atoms with E-state index in [-0.39, 0.29) is 28.8 Å². The molecule has 0 aliphatic carbocycles. The van der Waals surface area contributed by atoms with Crippen LogP contribution in [0.2, 0.25) is 0 Å². The zero-order valence-corrected chi connectivity index (χ0v) is 24.6. The van der Waals surface area contributed by atoms with Crippen molar-refractivity contribution in [2.24, 2.45) is 0 Å². The molecule has 222 valence electrons. The van der Waals surface area contributed by atoms with Crippen LogP contribution in [0.4, 0.5) is 0 Å². The van der Waals surface area contributed by atoms with Crippen LogP contribution in [0.15, 0.2) is 54.6 Å². The zero-order chi connectivity index (χ0) is 30.6. The molecule has 0 radical (unpaired) electrons. The van der Waals surface area contributed by atoms with Crippen molar-refractivity contribution in [1.29, 1.82) is 0 Å². The fourth-order valence-corrected chi connectivity index (χ4v) is 5.36. The normalized spacial score (nSPS) is 15.3. The van der Waals surface area contributed by atoms with Crippen molar-refractivity contribution in [2.45, 2.75) is 79.0 Å². The highest BCUT2D eigenvalue weighted by Gasteiger charge is 2.19. The summed E-state index contributed by atoms with van der Waals surface area (Å²) >= 11 is 0. The third-order valence-electron chi connectivity index (χ3n) is 7.56. The summed E-state index contributed by atoms with van der Waals surface area (Å²) in [6, 6.07) is 16.3. The summed E-state index contributed by atoms with van der Waals surface area (Å²) in [5.74, 6) is -3.02. The number of hydrogen-bond donors (Lipinski definition) is 4. The molecule has 0 atom stereocenters. The molecule has 9 nitrogen and oxygen atoms in total. The summed E-state index contributed by atoms with van der Waals surface area (Å²) < 4.78 is 0. The fraction of sp³-hybridized carbons (Fsp3) is 0.364. The molecule has 1 aliphatic rings. The first-order valence-electron chi connectivity index (χ1n) is 14.1. The maximum Gasteiger partial charge on any atom is 0.335 e. The Hall–Kier alpha value is -4.05. The molecule has 3 aromatic rings. The molecule has 0 unspecified atom stereocenters. The summed E-state index contributed by atoms with van der Waals surface area (Å²) in [6.45, 7) is 11.0. The Morgan fingerprint density at radius 2 is 0.786 bits per heavy atom. The Morgan fingerprint density at radius 3 is 1.05 bits per heavy atom. The predicted octanol–water partition coefficient (Wildman–Crippen LogP) is 5.21. The van der Waals surface area contributed by atoms with Gasteiger partial charge in [0, 0.05) is 51.4 Å². The third-order valence-corrected chi connectivity index (χ3v) is 7.56. The molecule has 0 amide bonds. The molecule has 0 saturated heterocycles. The van der Waals surface area contributed by atoms with Crippen molar-refractivity contribution >= 4 is 17.9 Å². The summed E-state index contributed by atoms with van der Waals surface area (Å²) in [5.41, 5.74) is 5.62. The molecule has 0 fully saturated rings. The van der Waals surface area contributed by atoms with Gasteiger partial charge in [0.2, 0.25) is 0 Å². The van der Waals surface area contributed by atoms with Crippen LogP contribution in [0.1, 0.15) is 92.1 Å². The minimum atomic E-state index is -1.01. The van der Waals surface area contributed by atoms with Crippen molar-refractivity contribution in [3.05, 3.63) is 105 Å². The molecule has 1 aliphatic heterocycles. The summed E-state index contributed by atoms with van der Waals surface area (Å²) in [7, 11) is 0. The lowest BCUT2D eigenvalue weighted by Crippen LogP contribution is -2.31. The molecule has 6 bridgehead atoms. The van der Waals surface area contributed by atoms with E-state index in [9.17, 15) is 29.7 Å². The maximum absolute atomic E-state index is 12.1. The van der Waals surface area contributed by atoms with E-state index in [2.05, 4.69) is 42.8 Å². The Kier molecular flexibility index (Phi) is 9.78. The number of benzene rings is 3. The molecule has 1 heterocycles. The predicted molar refractivity (Wildman–Crippen MR) is 160 cm³/mol. The fourth-order valence-electron chi connectivity index (χ4n) is 5.36. The van der Waals surface area contributed by atoms with Gasteiger partial charge in [0.1, 0.15) is 0 Å². The molecule has 42 heavy (non-hydrogen) atoms. The van der Waals surface area contributed by atoms with Crippen LogP contribution in [0.25, 0.3) is 0 Å². The van der Waals surface area contributed by atoms with Crippen molar-refractivity contribution in [2.75, 3.05) is 0 Å². The van der Waals surface area contributed by atoms with E-state index >= 15 is 0 Å². The molecule has 9 heteroatoms. The lowest BCUT2D eigenvalue weighted by molar-refractivity contribution is 0.0685. The van der Waals surface area contributed by atoms with Crippen molar-refractivity contribution in [3.63, 3.8) is 0 Å². The lowest BCUT2D eigenvalue weighted by Gasteiger charge is -2.29. The van der Waals surface area contributed by atoms with Gasteiger partial charge in [0.05, 0.1) is 16.7 Å². The number of hydrogen-bond acceptors (Lipinski definition) is 6. The van der Waals surface area contributed by atoms with E-state index < -0.39 is 17.9 Å². The molecule has 4 N–H and O–H groups in total. The van der Waals surface area contributed by atoms with E-state index in [0.717, 1.165) is 33.4 Å². The molecule has 4 rings (SSSR count). The van der Waals surface area contributed by atoms with Gasteiger partial charge in [-0.05, 0) is 97.5 Å². The second-order valence-electron chi connectivity index (χ2n) is 11.6. The lowest BCUT2D eigenvalue weighted by atomic mass is 10.0. The van der Waals surface area contributed by atoms with Gasteiger partial charge in [0.15, 0.2) is 0 Å². The van der Waals surface area contributed by atoms with Crippen LogP contribution in [0.3, 0.4) is 0 Å². The number of aromatic carboxylic acids is 3. The van der Waals surface area contributed by atoms with Gasteiger partial charge in [-0.3, -0.25) is 9.80 Å². The van der Waals surface area contributed by atoms with Crippen LogP contribution in [0, 0.1) is 0 Å². The minimum Gasteiger partial charge on any atom is -0.478 e. The Morgan fingerprint density at radius 1 is 0.524 bits per heavy atom. The van der Waals surface area contributed by atoms with Crippen LogP contribution in [-0.2, 0) is 39.3 Å². The average Bonchev–Trinajstić information content (AvgIpc) is 2.91. The summed E-state index contributed by atoms with van der Waals surface area (Å²) in [4.78, 5) is 40.4. The highest BCUT2D eigenvalue weighted by atomic mass is 16.4. The van der Waals surface area contributed by atoms with E-state index in [1.54, 1.807) is 36.4 Å². The average molecular weight is 574 g/mol. The molecular formula is C33H39N3O6. The van der Waals surface area contributed by atoms with E-state index in [1.165, 1.54) is 0 Å². The summed E-state index contributed by atoms with van der Waals surface area (Å²) in [5, 5.41) is 32.8. The number of fused-ring (bicyclic) bond motifs is 6. The molecule has 0 aromatic heterocycles. The smallest absolute Gasteiger partial charge is 0.335 e. The first-order valence-corrected chi connectivity index (χ1v) is 14.1. The Balaban J connectivity index is 1.83. The van der Waals surface area contributed by atoms with E-state index in [0.29, 0.717) is 39.3 Å². The number of carboxylic acids is 3. The Labute approximate surface area is 246 Å². The monoisotopic (exact) mass is 573 g/mol. The highest BCUT2D eigenvalue weighted by Crippen LogP contribution is 2.22. The number of carbonyl (C=O) groups is 3. The van der Waals surface area contributed by atoms with Crippen molar-refractivity contribution in [1.82, 2.24) is 15.1 Å². The van der Waals surface area contributed by atoms with Gasteiger partial charge in [0.25, 0.3) is 0 Å². The third kappa shape index (κ3) is 8.03. The Bertz CT molecular complexity index is 1380. The van der Waals surface area contributed by atoms with Crippen LogP contribution in [-0.4, -0.2) is 55.1 Å². The number of nitrogens with zero attached hydrogens (tertiary/aromatic N) is 2. The molecule has 0 spiro atoms. The second kappa shape index (κ2) is 13.3. The van der Waals surface area contributed by atoms with Gasteiger partial charge in [-0.15, -0.1) is 0 Å². The highest BCUT2D eigenvalue weighted by molar-refractivity contribution is 5.89. The summed E-state index contributed by atoms with van der Waals surface area (Å²) in [6.07, 6.45) is 0. The van der Waals surface area contributed by atoms with Crippen molar-refractivity contribution < 1.29 is 29.7 Å². The molecule has 0 saturated carbocycles. The first kappa shape index (κ1) is 30.9. The second-order valence-corrected chi connectivity index (χ2v) is 11.6. The number of nitrogens with one attached hydrogen (secondary N) is 1. The zero-order valence-electron chi connectivity index (χ0n) is 24.6. The largest absolute Gasteiger partial charge is 0.478 e. The van der Waals surface area contributed by atoms with E-state index in [1.807, 2.05) is 18.2 Å². The standard InChI is InChI=1S/C33H39N3O6/c1-20(2)35-16-24-5-22(8-28(10-24)31(37)38)14-34-15-23-6-25(11-29(9-23)32(39)40)17-36(21(3)4)19-27-7-26(18-35)12-30(13-27)33(41)42/h5-13,20-21,34H,14-19H2,1-4H3,(H,37,38)(H,39,40)(H,41,42). The van der Waals surface area contributed by atoms with Crippen molar-refractivity contribution in [3.8, 4) is 0 Å². The SMILES string of the molecule is CC(C)N1Cc2cc(cc(C(=O)O)c2)CNCc2cc(cc(C(=O)O)c2)CN(C(C)C)Cc2cc(cc(C(=O)O)c2)C1. The van der Waals surface area contributed by atoms with Gasteiger partial charge in [-0.2, -0.15) is 0 Å². The van der Waals surface area contributed by atoms with Gasteiger partial charge in [-0.1, -0.05) is 18.2 Å². The topological polar surface area (TPSA) is 130 Å². The van der Waals surface area contributed by atoms with Gasteiger partial charge < -0.3 is 20.6 Å².